The molecule has 0 aliphatic rings. The average Bonchev–Trinajstić information content (AvgIpc) is 2.36. The lowest BCUT2D eigenvalue weighted by molar-refractivity contribution is 0.314. The number of hydrogen-bond acceptors (Lipinski definition) is 6. The number of likely N-dealkylation sites (N-methyl/N-ethyl adjacent to an activating group) is 1. The van der Waals surface area contributed by atoms with Gasteiger partial charge in [0.15, 0.2) is 0 Å². The fraction of sp³-hybridized carbons (Fsp3) is 0.600. The van der Waals surface area contributed by atoms with E-state index in [1.165, 1.54) is 12.4 Å². The van der Waals surface area contributed by atoms with Crippen LogP contribution >= 0.6 is 0 Å². The zero-order chi connectivity index (χ0) is 13.8. The summed E-state index contributed by atoms with van der Waals surface area (Å²) in [6, 6.07) is 0.109. The first kappa shape index (κ1) is 14.8. The van der Waals surface area contributed by atoms with Gasteiger partial charge in [-0.15, -0.1) is 0 Å². The number of sulfonamides is 1. The fourth-order valence-electron chi connectivity index (χ4n) is 1.08. The van der Waals surface area contributed by atoms with Crippen LogP contribution in [0, 0.1) is 0 Å². The van der Waals surface area contributed by atoms with Crippen LogP contribution in [-0.4, -0.2) is 57.0 Å². The monoisotopic (exact) mass is 273 g/mol. The van der Waals surface area contributed by atoms with Crippen molar-refractivity contribution in [1.29, 1.82) is 0 Å². The summed E-state index contributed by atoms with van der Waals surface area (Å²) in [6.45, 7) is 2.27. The molecule has 0 aliphatic carbocycles. The Morgan fingerprint density at radius 3 is 2.33 bits per heavy atom. The number of nitrogens with one attached hydrogen (secondary N) is 2. The van der Waals surface area contributed by atoms with Crippen molar-refractivity contribution in [3.8, 4) is 0 Å². The summed E-state index contributed by atoms with van der Waals surface area (Å²) in [7, 11) is 1.91. The smallest absolute Gasteiger partial charge is 0.243 e. The van der Waals surface area contributed by atoms with Crippen molar-refractivity contribution in [1.82, 2.24) is 19.6 Å². The van der Waals surface area contributed by atoms with Gasteiger partial charge in [0.05, 0.1) is 12.4 Å². The van der Waals surface area contributed by atoms with Crippen LogP contribution in [-0.2, 0) is 10.0 Å². The van der Waals surface area contributed by atoms with E-state index in [0.717, 1.165) is 0 Å². The number of rotatable bonds is 6. The van der Waals surface area contributed by atoms with Gasteiger partial charge in [0.1, 0.15) is 4.90 Å². The van der Waals surface area contributed by atoms with Crippen molar-refractivity contribution in [2.24, 2.45) is 0 Å². The quantitative estimate of drug-likeness (QED) is 0.743. The molecular formula is C10H19N5O2S. The van der Waals surface area contributed by atoms with E-state index >= 15 is 0 Å². The highest BCUT2D eigenvalue weighted by molar-refractivity contribution is 7.89. The Labute approximate surface area is 108 Å². The molecule has 102 valence electrons. The standard InChI is InChI=1S/C10H19N5O2S/c1-8(15(3)4)5-14-18(16,17)9-6-12-10(11-2)13-7-9/h6-8,14H,5H2,1-4H3,(H,11,12,13). The Morgan fingerprint density at radius 2 is 1.89 bits per heavy atom. The lowest BCUT2D eigenvalue weighted by atomic mass is 10.3. The summed E-state index contributed by atoms with van der Waals surface area (Å²) in [5.41, 5.74) is 0. The molecule has 0 amide bonds. The van der Waals surface area contributed by atoms with E-state index in [4.69, 9.17) is 0 Å². The molecule has 1 heterocycles. The van der Waals surface area contributed by atoms with Crippen molar-refractivity contribution in [2.45, 2.75) is 17.9 Å². The largest absolute Gasteiger partial charge is 0.357 e. The molecule has 1 aromatic heterocycles. The third-order valence-electron chi connectivity index (χ3n) is 2.61. The number of nitrogens with zero attached hydrogens (tertiary/aromatic N) is 3. The summed E-state index contributed by atoms with van der Waals surface area (Å²) in [4.78, 5) is 9.74. The molecule has 7 nitrogen and oxygen atoms in total. The first-order valence-electron chi connectivity index (χ1n) is 5.52. The van der Waals surface area contributed by atoms with Crippen LogP contribution in [0.1, 0.15) is 6.92 Å². The van der Waals surface area contributed by atoms with E-state index in [2.05, 4.69) is 20.0 Å². The summed E-state index contributed by atoms with van der Waals surface area (Å²) in [6.07, 6.45) is 2.56. The molecule has 1 unspecified atom stereocenters. The molecule has 1 rings (SSSR count). The van der Waals surface area contributed by atoms with Crippen molar-refractivity contribution in [2.75, 3.05) is 33.0 Å². The second kappa shape index (κ2) is 6.07. The minimum absolute atomic E-state index is 0.0625. The van der Waals surface area contributed by atoms with Gasteiger partial charge in [-0.2, -0.15) is 0 Å². The van der Waals surface area contributed by atoms with E-state index in [1.54, 1.807) is 7.05 Å². The molecule has 0 fully saturated rings. The van der Waals surface area contributed by atoms with Gasteiger partial charge in [0.25, 0.3) is 0 Å². The van der Waals surface area contributed by atoms with E-state index in [9.17, 15) is 8.42 Å². The van der Waals surface area contributed by atoms with Crippen LogP contribution in [0.4, 0.5) is 5.95 Å². The minimum atomic E-state index is -3.54. The molecule has 1 atom stereocenters. The third-order valence-corrected chi connectivity index (χ3v) is 3.99. The topological polar surface area (TPSA) is 87.2 Å². The molecule has 2 N–H and O–H groups in total. The molecule has 0 bridgehead atoms. The number of hydrogen-bond donors (Lipinski definition) is 2. The molecule has 0 radical (unpaired) electrons. The number of anilines is 1. The van der Waals surface area contributed by atoms with Gasteiger partial charge >= 0.3 is 0 Å². The van der Waals surface area contributed by atoms with Crippen LogP contribution in [0.25, 0.3) is 0 Å². The Hall–Kier alpha value is -1.25. The minimum Gasteiger partial charge on any atom is -0.357 e. The average molecular weight is 273 g/mol. The Bertz CT molecular complexity index is 472. The Balaban J connectivity index is 2.73. The van der Waals surface area contributed by atoms with E-state index in [-0.39, 0.29) is 10.9 Å². The summed E-state index contributed by atoms with van der Waals surface area (Å²) in [5, 5.41) is 2.73. The summed E-state index contributed by atoms with van der Waals surface area (Å²) >= 11 is 0. The molecular weight excluding hydrogens is 254 g/mol. The normalized spacial score (nSPS) is 13.6. The predicted octanol–water partition coefficient (Wildman–Crippen LogP) is -0.253. The van der Waals surface area contributed by atoms with Gasteiger partial charge in [-0.1, -0.05) is 0 Å². The highest BCUT2D eigenvalue weighted by Gasteiger charge is 2.16. The Kier molecular flexibility index (Phi) is 5.00. The van der Waals surface area contributed by atoms with Crippen molar-refractivity contribution >= 4 is 16.0 Å². The van der Waals surface area contributed by atoms with Gasteiger partial charge in [-0.25, -0.2) is 23.1 Å². The van der Waals surface area contributed by atoms with Crippen LogP contribution in [0.2, 0.25) is 0 Å². The molecule has 1 aromatic rings. The van der Waals surface area contributed by atoms with Crippen molar-refractivity contribution in [3.63, 3.8) is 0 Å². The molecule has 8 heteroatoms. The summed E-state index contributed by atoms with van der Waals surface area (Å²) < 4.78 is 26.4. The lowest BCUT2D eigenvalue weighted by Gasteiger charge is -2.19. The SMILES string of the molecule is CNc1ncc(S(=O)(=O)NCC(C)N(C)C)cn1. The first-order valence-corrected chi connectivity index (χ1v) is 7.01. The summed E-state index contributed by atoms with van der Waals surface area (Å²) in [5.74, 6) is 0.385. The van der Waals surface area contributed by atoms with Crippen LogP contribution in [0.3, 0.4) is 0 Å². The maximum atomic E-state index is 11.9. The zero-order valence-electron chi connectivity index (χ0n) is 11.0. The highest BCUT2D eigenvalue weighted by atomic mass is 32.2. The maximum absolute atomic E-state index is 11.9. The second-order valence-corrected chi connectivity index (χ2v) is 5.92. The molecule has 0 saturated carbocycles. The zero-order valence-corrected chi connectivity index (χ0v) is 11.8. The second-order valence-electron chi connectivity index (χ2n) is 4.16. The van der Waals surface area contributed by atoms with E-state index in [0.29, 0.717) is 12.5 Å². The van der Waals surface area contributed by atoms with Crippen LogP contribution in [0.15, 0.2) is 17.3 Å². The van der Waals surface area contributed by atoms with Gasteiger partial charge in [-0.05, 0) is 21.0 Å². The predicted molar refractivity (Wildman–Crippen MR) is 69.9 cm³/mol. The van der Waals surface area contributed by atoms with Crippen molar-refractivity contribution in [3.05, 3.63) is 12.4 Å². The maximum Gasteiger partial charge on any atom is 0.243 e. The van der Waals surface area contributed by atoms with E-state index < -0.39 is 10.0 Å². The van der Waals surface area contributed by atoms with E-state index in [1.807, 2.05) is 25.9 Å². The van der Waals surface area contributed by atoms with Gasteiger partial charge in [-0.3, -0.25) is 0 Å². The van der Waals surface area contributed by atoms with Gasteiger partial charge in [0.2, 0.25) is 16.0 Å². The van der Waals surface area contributed by atoms with Gasteiger partial charge < -0.3 is 10.2 Å². The van der Waals surface area contributed by atoms with Crippen LogP contribution < -0.4 is 10.0 Å². The van der Waals surface area contributed by atoms with Gasteiger partial charge in [0, 0.05) is 19.6 Å². The Morgan fingerprint density at radius 1 is 1.33 bits per heavy atom. The lowest BCUT2D eigenvalue weighted by Crippen LogP contribution is -2.38. The molecule has 18 heavy (non-hydrogen) atoms. The molecule has 0 saturated heterocycles. The van der Waals surface area contributed by atoms with Crippen molar-refractivity contribution < 1.29 is 8.42 Å². The third kappa shape index (κ3) is 3.90. The van der Waals surface area contributed by atoms with Crippen LogP contribution in [0.5, 0.6) is 0 Å². The highest BCUT2D eigenvalue weighted by Crippen LogP contribution is 2.07. The first-order chi connectivity index (χ1) is 8.36. The number of aromatic nitrogens is 2. The molecule has 0 spiro atoms. The fourth-order valence-corrected chi connectivity index (χ4v) is 2.09. The molecule has 0 aromatic carbocycles. The molecule has 0 aliphatic heterocycles.